The predicted molar refractivity (Wildman–Crippen MR) is 116 cm³/mol. The number of halogens is 3. The number of amides is 1. The van der Waals surface area contributed by atoms with Gasteiger partial charge < -0.3 is 14.9 Å². The average molecular weight is 450 g/mol. The minimum atomic E-state index is -4.73. The van der Waals surface area contributed by atoms with Crippen molar-refractivity contribution in [3.05, 3.63) is 64.8 Å². The summed E-state index contributed by atoms with van der Waals surface area (Å²) in [5.41, 5.74) is 3.56. The van der Waals surface area contributed by atoms with Crippen LogP contribution in [0.5, 0.6) is 0 Å². The first-order valence-electron chi connectivity index (χ1n) is 9.53. The second-order valence-electron chi connectivity index (χ2n) is 6.50. The molecule has 1 aliphatic rings. The summed E-state index contributed by atoms with van der Waals surface area (Å²) < 4.78 is 44.4. The third-order valence-electron chi connectivity index (χ3n) is 4.49. The monoisotopic (exact) mass is 450 g/mol. The number of hydrogen-bond acceptors (Lipinski definition) is 5. The van der Waals surface area contributed by atoms with Crippen LogP contribution in [0.1, 0.15) is 18.9 Å². The topological polar surface area (TPSA) is 59.9 Å². The lowest BCUT2D eigenvalue weighted by Crippen LogP contribution is -2.26. The second kappa shape index (κ2) is 9.91. The van der Waals surface area contributed by atoms with E-state index in [0.29, 0.717) is 17.7 Å². The van der Waals surface area contributed by atoms with E-state index < -0.39 is 22.7 Å². The van der Waals surface area contributed by atoms with Crippen molar-refractivity contribution in [2.45, 2.75) is 19.5 Å². The summed E-state index contributed by atoms with van der Waals surface area (Å²) in [5.74, 6) is -1.82. The first kappa shape index (κ1) is 22.7. The SMILES string of the molecule is CCC(=NOC)c1ccc(-c2ccccc2NC(=O)C2=C(C(F)(F)F)OCCS2)cc1. The molecule has 0 unspecified atom stereocenters. The number of oxime groups is 1. The van der Waals surface area contributed by atoms with Crippen LogP contribution in [0.4, 0.5) is 18.9 Å². The van der Waals surface area contributed by atoms with E-state index in [-0.39, 0.29) is 12.4 Å². The zero-order chi connectivity index (χ0) is 22.4. The summed E-state index contributed by atoms with van der Waals surface area (Å²) in [6, 6.07) is 14.4. The van der Waals surface area contributed by atoms with Gasteiger partial charge in [0.2, 0.25) is 5.76 Å². The van der Waals surface area contributed by atoms with Crippen LogP contribution in [-0.4, -0.2) is 37.3 Å². The molecule has 0 fully saturated rings. The van der Waals surface area contributed by atoms with E-state index in [2.05, 4.69) is 10.5 Å². The Hall–Kier alpha value is -2.94. The molecule has 164 valence electrons. The predicted octanol–water partition coefficient (Wildman–Crippen LogP) is 5.59. The molecule has 0 saturated carbocycles. The lowest BCUT2D eigenvalue weighted by Gasteiger charge is -2.22. The van der Waals surface area contributed by atoms with E-state index in [9.17, 15) is 18.0 Å². The lowest BCUT2D eigenvalue weighted by atomic mass is 10.00. The van der Waals surface area contributed by atoms with Gasteiger partial charge in [0.25, 0.3) is 5.91 Å². The fourth-order valence-electron chi connectivity index (χ4n) is 3.09. The van der Waals surface area contributed by atoms with E-state index in [1.54, 1.807) is 24.3 Å². The van der Waals surface area contributed by atoms with E-state index in [0.717, 1.165) is 28.6 Å². The minimum absolute atomic E-state index is 0.0919. The maximum absolute atomic E-state index is 13.2. The molecule has 0 radical (unpaired) electrons. The number of anilines is 1. The van der Waals surface area contributed by atoms with Crippen LogP contribution >= 0.6 is 11.8 Å². The summed E-state index contributed by atoms with van der Waals surface area (Å²) in [7, 11) is 1.48. The summed E-state index contributed by atoms with van der Waals surface area (Å²) in [6.45, 7) is 1.87. The van der Waals surface area contributed by atoms with Crippen LogP contribution in [0.2, 0.25) is 0 Å². The third-order valence-corrected chi connectivity index (χ3v) is 5.52. The van der Waals surface area contributed by atoms with Gasteiger partial charge in [0, 0.05) is 17.0 Å². The van der Waals surface area contributed by atoms with Crippen molar-refractivity contribution in [1.29, 1.82) is 0 Å². The van der Waals surface area contributed by atoms with Crippen molar-refractivity contribution in [3.63, 3.8) is 0 Å². The van der Waals surface area contributed by atoms with Gasteiger partial charge in [-0.05, 0) is 23.6 Å². The molecule has 0 bridgehead atoms. The molecular formula is C22H21F3N2O3S. The molecule has 0 aliphatic carbocycles. The van der Waals surface area contributed by atoms with E-state index in [4.69, 9.17) is 9.57 Å². The van der Waals surface area contributed by atoms with Gasteiger partial charge in [-0.25, -0.2) is 0 Å². The maximum Gasteiger partial charge on any atom is 0.450 e. The number of benzene rings is 2. The van der Waals surface area contributed by atoms with Crippen molar-refractivity contribution in [2.24, 2.45) is 5.16 Å². The molecule has 0 aromatic heterocycles. The number of ether oxygens (including phenoxy) is 1. The highest BCUT2D eigenvalue weighted by Crippen LogP contribution is 2.38. The van der Waals surface area contributed by atoms with Crippen molar-refractivity contribution in [1.82, 2.24) is 0 Å². The highest BCUT2D eigenvalue weighted by atomic mass is 32.2. The van der Waals surface area contributed by atoms with Crippen molar-refractivity contribution >= 4 is 29.1 Å². The number of alkyl halides is 3. The Kier molecular flexibility index (Phi) is 7.27. The zero-order valence-corrected chi connectivity index (χ0v) is 17.8. The third kappa shape index (κ3) is 5.41. The van der Waals surface area contributed by atoms with Crippen LogP contribution in [0.15, 0.2) is 64.4 Å². The summed E-state index contributed by atoms with van der Waals surface area (Å²) in [4.78, 5) is 17.1. The number of nitrogens with zero attached hydrogens (tertiary/aromatic N) is 1. The largest absolute Gasteiger partial charge is 0.487 e. The van der Waals surface area contributed by atoms with Gasteiger partial charge in [-0.3, -0.25) is 4.79 Å². The first-order chi connectivity index (χ1) is 14.8. The highest BCUT2D eigenvalue weighted by Gasteiger charge is 2.42. The minimum Gasteiger partial charge on any atom is -0.487 e. The summed E-state index contributed by atoms with van der Waals surface area (Å²) in [5, 5.41) is 6.61. The smallest absolute Gasteiger partial charge is 0.450 e. The van der Waals surface area contributed by atoms with Gasteiger partial charge in [-0.15, -0.1) is 11.8 Å². The summed E-state index contributed by atoms with van der Waals surface area (Å²) >= 11 is 0.837. The number of allylic oxidation sites excluding steroid dienone is 1. The molecule has 9 heteroatoms. The molecule has 1 N–H and O–H groups in total. The van der Waals surface area contributed by atoms with Crippen molar-refractivity contribution in [3.8, 4) is 11.1 Å². The average Bonchev–Trinajstić information content (AvgIpc) is 2.77. The summed E-state index contributed by atoms with van der Waals surface area (Å²) in [6.07, 6.45) is -4.04. The molecule has 1 heterocycles. The number of rotatable bonds is 6. The number of hydrogen-bond donors (Lipinski definition) is 1. The molecule has 0 saturated heterocycles. The molecule has 2 aromatic carbocycles. The molecule has 2 aromatic rings. The number of carbonyl (C=O) groups excluding carboxylic acids is 1. The van der Waals surface area contributed by atoms with Crippen LogP contribution in [0.25, 0.3) is 11.1 Å². The fraction of sp³-hybridized carbons (Fsp3) is 0.273. The Morgan fingerprint density at radius 2 is 1.90 bits per heavy atom. The molecule has 1 aliphatic heterocycles. The van der Waals surface area contributed by atoms with Gasteiger partial charge in [-0.2, -0.15) is 13.2 Å². The maximum atomic E-state index is 13.2. The van der Waals surface area contributed by atoms with Gasteiger partial charge in [-0.1, -0.05) is 54.5 Å². The molecule has 0 atom stereocenters. The normalized spacial score (nSPS) is 14.8. The van der Waals surface area contributed by atoms with Crippen LogP contribution in [0, 0.1) is 0 Å². The Balaban J connectivity index is 1.90. The van der Waals surface area contributed by atoms with Gasteiger partial charge >= 0.3 is 6.18 Å². The molecular weight excluding hydrogens is 429 g/mol. The molecule has 0 spiro atoms. The number of thioether (sulfide) groups is 1. The van der Waals surface area contributed by atoms with Crippen LogP contribution in [0.3, 0.4) is 0 Å². The number of nitrogens with one attached hydrogen (secondary N) is 1. The van der Waals surface area contributed by atoms with E-state index in [1.165, 1.54) is 7.11 Å². The van der Waals surface area contributed by atoms with E-state index in [1.807, 2.05) is 31.2 Å². The molecule has 3 rings (SSSR count). The quantitative estimate of drug-likeness (QED) is 0.460. The van der Waals surface area contributed by atoms with E-state index >= 15 is 0 Å². The lowest BCUT2D eigenvalue weighted by molar-refractivity contribution is -0.133. The molecule has 31 heavy (non-hydrogen) atoms. The standard InChI is InChI=1S/C22H21F3N2O3S/c1-3-17(27-29-2)15-10-8-14(9-11-15)16-6-4-5-7-18(16)26-21(28)19-20(22(23,24)25)30-12-13-31-19/h4-11H,3,12-13H2,1-2H3,(H,26,28). The Bertz CT molecular complexity index is 1000. The number of carbonyl (C=O) groups is 1. The molecule has 5 nitrogen and oxygen atoms in total. The van der Waals surface area contributed by atoms with Crippen LogP contribution in [-0.2, 0) is 14.4 Å². The second-order valence-corrected chi connectivity index (χ2v) is 7.61. The van der Waals surface area contributed by atoms with Crippen molar-refractivity contribution < 1.29 is 27.5 Å². The van der Waals surface area contributed by atoms with Gasteiger partial charge in [0.1, 0.15) is 12.0 Å². The Labute approximate surface area is 182 Å². The Morgan fingerprint density at radius 3 is 2.55 bits per heavy atom. The van der Waals surface area contributed by atoms with Gasteiger partial charge in [0.15, 0.2) is 0 Å². The Morgan fingerprint density at radius 1 is 1.19 bits per heavy atom. The molecule has 1 amide bonds. The first-order valence-corrected chi connectivity index (χ1v) is 10.5. The number of para-hydroxylation sites is 1. The van der Waals surface area contributed by atoms with Gasteiger partial charge in [0.05, 0.1) is 12.3 Å². The van der Waals surface area contributed by atoms with Crippen molar-refractivity contribution in [2.75, 3.05) is 24.8 Å². The highest BCUT2D eigenvalue weighted by molar-refractivity contribution is 8.04. The van der Waals surface area contributed by atoms with Crippen LogP contribution < -0.4 is 5.32 Å². The fourth-order valence-corrected chi connectivity index (χ4v) is 3.95. The zero-order valence-electron chi connectivity index (χ0n) is 17.0.